The van der Waals surface area contributed by atoms with Crippen LogP contribution in [0.1, 0.15) is 54.3 Å². The molecule has 0 unspecified atom stereocenters. The zero-order valence-corrected chi connectivity index (χ0v) is 21.9. The molecule has 1 atom stereocenters. The Bertz CT molecular complexity index is 1530. The van der Waals surface area contributed by atoms with E-state index in [0.29, 0.717) is 42.1 Å². The molecule has 0 radical (unpaired) electrons. The Kier molecular flexibility index (Phi) is 7.22. The summed E-state index contributed by atoms with van der Waals surface area (Å²) in [5, 5.41) is 4.91. The van der Waals surface area contributed by atoms with Crippen molar-refractivity contribution in [1.29, 1.82) is 0 Å². The smallest absolute Gasteiger partial charge is 0.321 e. The quantitative estimate of drug-likeness (QED) is 0.318. The Balaban J connectivity index is 1.41. The van der Waals surface area contributed by atoms with Crippen molar-refractivity contribution in [2.24, 2.45) is 0 Å². The van der Waals surface area contributed by atoms with Crippen LogP contribution in [0.15, 0.2) is 55.1 Å². The first kappa shape index (κ1) is 25.8. The van der Waals surface area contributed by atoms with Gasteiger partial charge in [-0.25, -0.2) is 19.7 Å². The van der Waals surface area contributed by atoms with Crippen LogP contribution in [0.25, 0.3) is 22.4 Å². The van der Waals surface area contributed by atoms with E-state index in [9.17, 15) is 14.4 Å². The summed E-state index contributed by atoms with van der Waals surface area (Å²) in [7, 11) is 0. The Morgan fingerprint density at radius 1 is 1.13 bits per heavy atom. The number of fused-ring (bicyclic) bond motifs is 2. The molecule has 0 saturated carbocycles. The average molecular weight is 528 g/mol. The van der Waals surface area contributed by atoms with Gasteiger partial charge in [-0.2, -0.15) is 0 Å². The molecule has 11 heteroatoms. The third-order valence-corrected chi connectivity index (χ3v) is 6.67. The van der Waals surface area contributed by atoms with Crippen LogP contribution in [0.3, 0.4) is 0 Å². The van der Waals surface area contributed by atoms with Crippen LogP contribution in [0.2, 0.25) is 0 Å². The standard InChI is InChI=1S/C28H29N7O4/c1-4-39-21-10-9-20-12-34(27(37)22(20)11-21)13-23(33-28(38)32-16-36)18-5-7-19(8-6-18)24-25-26(30-14-29-24)35(15-31-25)17(2)3/h5-11,14-17,23H,4,12-13H2,1-3H3,(H2,32,33,36,38)/t23-/m0/s1. The van der Waals surface area contributed by atoms with Crippen molar-refractivity contribution >= 4 is 29.5 Å². The Labute approximate surface area is 225 Å². The second-order valence-electron chi connectivity index (χ2n) is 9.49. The molecule has 200 valence electrons. The molecule has 2 aromatic heterocycles. The predicted molar refractivity (Wildman–Crippen MR) is 144 cm³/mol. The van der Waals surface area contributed by atoms with Gasteiger partial charge in [0.05, 0.1) is 19.0 Å². The van der Waals surface area contributed by atoms with E-state index in [1.54, 1.807) is 17.3 Å². The van der Waals surface area contributed by atoms with Gasteiger partial charge >= 0.3 is 6.03 Å². The van der Waals surface area contributed by atoms with E-state index in [0.717, 1.165) is 22.3 Å². The molecule has 0 spiro atoms. The van der Waals surface area contributed by atoms with Crippen LogP contribution in [0.5, 0.6) is 5.75 Å². The first-order valence-corrected chi connectivity index (χ1v) is 12.7. The van der Waals surface area contributed by atoms with Gasteiger partial charge < -0.3 is 19.5 Å². The number of benzene rings is 2. The average Bonchev–Trinajstić information content (AvgIpc) is 3.50. The molecule has 0 saturated heterocycles. The Morgan fingerprint density at radius 3 is 2.64 bits per heavy atom. The summed E-state index contributed by atoms with van der Waals surface area (Å²) < 4.78 is 7.54. The first-order valence-electron chi connectivity index (χ1n) is 12.7. The Hall–Kier alpha value is -4.80. The summed E-state index contributed by atoms with van der Waals surface area (Å²) in [6.07, 6.45) is 3.60. The van der Waals surface area contributed by atoms with Crippen molar-refractivity contribution < 1.29 is 19.1 Å². The lowest BCUT2D eigenvalue weighted by molar-refractivity contribution is -0.108. The van der Waals surface area contributed by atoms with Crippen LogP contribution in [-0.2, 0) is 11.3 Å². The second-order valence-corrected chi connectivity index (χ2v) is 9.49. The number of imide groups is 1. The molecule has 2 aromatic carbocycles. The molecular formula is C28H29N7O4. The number of rotatable bonds is 9. The summed E-state index contributed by atoms with van der Waals surface area (Å²) in [6, 6.07) is 12.0. The molecule has 3 heterocycles. The van der Waals surface area contributed by atoms with Crippen LogP contribution in [-0.4, -0.2) is 55.9 Å². The van der Waals surface area contributed by atoms with Crippen LogP contribution >= 0.6 is 0 Å². The maximum absolute atomic E-state index is 13.2. The summed E-state index contributed by atoms with van der Waals surface area (Å²) in [6.45, 7) is 7.13. The normalized spacial score (nSPS) is 13.4. The molecule has 4 amide bonds. The number of hydrogen-bond acceptors (Lipinski definition) is 7. The summed E-state index contributed by atoms with van der Waals surface area (Å²) in [5.74, 6) is 0.494. The fourth-order valence-electron chi connectivity index (χ4n) is 4.77. The van der Waals surface area contributed by atoms with Crippen molar-refractivity contribution in [2.75, 3.05) is 13.2 Å². The maximum atomic E-state index is 13.2. The summed E-state index contributed by atoms with van der Waals surface area (Å²) in [4.78, 5) is 51.4. The van der Waals surface area contributed by atoms with Crippen molar-refractivity contribution in [1.82, 2.24) is 35.1 Å². The molecule has 11 nitrogen and oxygen atoms in total. The number of hydrogen-bond donors (Lipinski definition) is 2. The number of aromatic nitrogens is 4. The molecule has 1 aliphatic rings. The number of carbonyl (C=O) groups excluding carboxylic acids is 3. The lowest BCUT2D eigenvalue weighted by Gasteiger charge is -2.25. The number of imidazole rings is 1. The van der Waals surface area contributed by atoms with Crippen molar-refractivity contribution in [2.45, 2.75) is 39.4 Å². The minimum absolute atomic E-state index is 0.144. The van der Waals surface area contributed by atoms with E-state index in [-0.39, 0.29) is 18.5 Å². The largest absolute Gasteiger partial charge is 0.494 e. The zero-order valence-electron chi connectivity index (χ0n) is 21.9. The Morgan fingerprint density at radius 2 is 1.92 bits per heavy atom. The van der Waals surface area contributed by atoms with Gasteiger partial charge in [0.25, 0.3) is 5.91 Å². The van der Waals surface area contributed by atoms with Crippen molar-refractivity contribution in [3.05, 3.63) is 71.8 Å². The molecule has 4 aromatic rings. The fourth-order valence-corrected chi connectivity index (χ4v) is 4.77. The molecule has 0 fully saturated rings. The highest BCUT2D eigenvalue weighted by Crippen LogP contribution is 2.30. The van der Waals surface area contributed by atoms with E-state index < -0.39 is 12.1 Å². The van der Waals surface area contributed by atoms with E-state index in [4.69, 9.17) is 4.74 Å². The van der Waals surface area contributed by atoms with Crippen LogP contribution < -0.4 is 15.4 Å². The topological polar surface area (TPSA) is 131 Å². The van der Waals surface area contributed by atoms with Crippen LogP contribution in [0, 0.1) is 0 Å². The van der Waals surface area contributed by atoms with E-state index in [2.05, 4.69) is 39.4 Å². The maximum Gasteiger partial charge on any atom is 0.321 e. The minimum Gasteiger partial charge on any atom is -0.494 e. The highest BCUT2D eigenvalue weighted by molar-refractivity contribution is 5.98. The number of urea groups is 1. The molecule has 0 bridgehead atoms. The molecule has 0 aliphatic carbocycles. The molecule has 2 N–H and O–H groups in total. The van der Waals surface area contributed by atoms with Gasteiger partial charge in [-0.1, -0.05) is 30.3 Å². The van der Waals surface area contributed by atoms with Gasteiger partial charge in [0.2, 0.25) is 6.41 Å². The lowest BCUT2D eigenvalue weighted by atomic mass is 10.0. The zero-order chi connectivity index (χ0) is 27.5. The summed E-state index contributed by atoms with van der Waals surface area (Å²) in [5.41, 5.74) is 5.23. The van der Waals surface area contributed by atoms with E-state index >= 15 is 0 Å². The van der Waals surface area contributed by atoms with Crippen LogP contribution in [0.4, 0.5) is 4.79 Å². The SMILES string of the molecule is CCOc1ccc2c(c1)C(=O)N(C[C@H](NC(=O)NC=O)c1ccc(-c3ncnc4c3ncn4C(C)C)cc1)C2. The monoisotopic (exact) mass is 527 g/mol. The molecule has 1 aliphatic heterocycles. The van der Waals surface area contributed by atoms with Crippen molar-refractivity contribution in [3.63, 3.8) is 0 Å². The fraction of sp³-hybridized carbons (Fsp3) is 0.286. The van der Waals surface area contributed by atoms with Crippen molar-refractivity contribution in [3.8, 4) is 17.0 Å². The number of nitrogens with zero attached hydrogens (tertiary/aromatic N) is 5. The van der Waals surface area contributed by atoms with Gasteiger partial charge in [0.1, 0.15) is 23.3 Å². The van der Waals surface area contributed by atoms with Gasteiger partial charge in [-0.3, -0.25) is 14.9 Å². The highest BCUT2D eigenvalue weighted by Gasteiger charge is 2.30. The third kappa shape index (κ3) is 5.15. The number of ether oxygens (including phenoxy) is 1. The van der Waals surface area contributed by atoms with Gasteiger partial charge in [-0.05, 0) is 44.0 Å². The molecule has 39 heavy (non-hydrogen) atoms. The van der Waals surface area contributed by atoms with E-state index in [1.165, 1.54) is 6.33 Å². The number of carbonyl (C=O) groups is 3. The number of nitrogens with one attached hydrogen (secondary N) is 2. The van der Waals surface area contributed by atoms with Gasteiger partial charge in [-0.15, -0.1) is 0 Å². The predicted octanol–water partition coefficient (Wildman–Crippen LogP) is 3.63. The number of amides is 4. The summed E-state index contributed by atoms with van der Waals surface area (Å²) >= 11 is 0. The van der Waals surface area contributed by atoms with Gasteiger partial charge in [0, 0.05) is 30.3 Å². The molecule has 5 rings (SSSR count). The third-order valence-electron chi connectivity index (χ3n) is 6.67. The first-order chi connectivity index (χ1) is 18.9. The second kappa shape index (κ2) is 10.9. The molecular weight excluding hydrogens is 498 g/mol. The minimum atomic E-state index is -0.654. The highest BCUT2D eigenvalue weighted by atomic mass is 16.5. The van der Waals surface area contributed by atoms with Gasteiger partial charge in [0.15, 0.2) is 5.65 Å². The van der Waals surface area contributed by atoms with E-state index in [1.807, 2.05) is 47.9 Å². The lowest BCUT2D eigenvalue weighted by Crippen LogP contribution is -2.42.